The summed E-state index contributed by atoms with van der Waals surface area (Å²) in [6.07, 6.45) is 0. The lowest BCUT2D eigenvalue weighted by Gasteiger charge is -2.36. The fourth-order valence-corrected chi connectivity index (χ4v) is 5.68. The first kappa shape index (κ1) is 21.2. The normalized spacial score (nSPS) is 15.8. The molecule has 0 atom stereocenters. The Bertz CT molecular complexity index is 1100. The summed E-state index contributed by atoms with van der Waals surface area (Å²) >= 11 is 0. The lowest BCUT2D eigenvalue weighted by Crippen LogP contribution is -3.15. The van der Waals surface area contributed by atoms with Gasteiger partial charge in [0.15, 0.2) is 0 Å². The molecule has 160 valence electrons. The fraction of sp³-hybridized carbons (Fsp3) is 0.208. The number of nitrogens with one attached hydrogen (secondary N) is 1. The summed E-state index contributed by atoms with van der Waals surface area (Å²) in [5.41, 5.74) is 2.25. The third-order valence-corrected chi connectivity index (χ3v) is 7.64. The summed E-state index contributed by atoms with van der Waals surface area (Å²) in [6, 6.07) is 26.0. The molecule has 31 heavy (non-hydrogen) atoms. The van der Waals surface area contributed by atoms with E-state index in [1.807, 2.05) is 36.4 Å². The molecule has 0 aromatic heterocycles. The topological polar surface area (TPSA) is 81.9 Å². The fourth-order valence-electron chi connectivity index (χ4n) is 4.19. The highest BCUT2D eigenvalue weighted by Crippen LogP contribution is 2.21. The van der Waals surface area contributed by atoms with Crippen molar-refractivity contribution in [3.8, 4) is 0 Å². The van der Waals surface area contributed by atoms with Crippen molar-refractivity contribution in [3.63, 3.8) is 0 Å². The Morgan fingerprint density at radius 3 is 1.90 bits per heavy atom. The number of carbonyl (C=O) groups is 1. The van der Waals surface area contributed by atoms with Crippen molar-refractivity contribution >= 4 is 16.0 Å². The van der Waals surface area contributed by atoms with Crippen molar-refractivity contribution in [1.29, 1.82) is 0 Å². The Kier molecular flexibility index (Phi) is 6.18. The van der Waals surface area contributed by atoms with E-state index in [9.17, 15) is 18.3 Å². The summed E-state index contributed by atoms with van der Waals surface area (Å²) in [5, 5.41) is 11.1. The number of carboxylic acids is 1. The average Bonchev–Trinajstić information content (AvgIpc) is 2.81. The second-order valence-corrected chi connectivity index (χ2v) is 9.57. The number of benzene rings is 3. The lowest BCUT2D eigenvalue weighted by molar-refractivity contribution is -0.929. The van der Waals surface area contributed by atoms with E-state index in [-0.39, 0.29) is 16.5 Å². The van der Waals surface area contributed by atoms with E-state index >= 15 is 0 Å². The van der Waals surface area contributed by atoms with Gasteiger partial charge in [0.1, 0.15) is 6.04 Å². The molecular formula is C24H24N2O4S. The van der Waals surface area contributed by atoms with Crippen molar-refractivity contribution in [2.24, 2.45) is 0 Å². The predicted molar refractivity (Wildman–Crippen MR) is 115 cm³/mol. The first-order valence-corrected chi connectivity index (χ1v) is 11.7. The second kappa shape index (κ2) is 9.01. The lowest BCUT2D eigenvalue weighted by atomic mass is 9.96. The van der Waals surface area contributed by atoms with Crippen LogP contribution in [-0.2, 0) is 10.0 Å². The highest BCUT2D eigenvalue weighted by atomic mass is 32.2. The molecular weight excluding hydrogens is 412 g/mol. The maximum Gasteiger partial charge on any atom is 0.243 e. The van der Waals surface area contributed by atoms with Crippen LogP contribution in [0.4, 0.5) is 0 Å². The molecule has 3 aromatic rings. The number of carbonyl (C=O) groups excluding carboxylic acids is 1. The molecule has 0 aliphatic carbocycles. The first-order chi connectivity index (χ1) is 15.0. The minimum Gasteiger partial charge on any atom is -0.545 e. The van der Waals surface area contributed by atoms with Gasteiger partial charge in [-0.3, -0.25) is 0 Å². The highest BCUT2D eigenvalue weighted by molar-refractivity contribution is 7.89. The van der Waals surface area contributed by atoms with E-state index in [0.29, 0.717) is 26.2 Å². The monoisotopic (exact) mass is 436 g/mol. The minimum absolute atomic E-state index is 0.0136. The molecule has 1 fully saturated rings. The van der Waals surface area contributed by atoms with Crippen LogP contribution >= 0.6 is 0 Å². The third kappa shape index (κ3) is 4.54. The molecule has 6 nitrogen and oxygen atoms in total. The number of hydrogen-bond donors (Lipinski definition) is 1. The molecule has 1 N–H and O–H groups in total. The maximum atomic E-state index is 13.1. The van der Waals surface area contributed by atoms with Gasteiger partial charge in [-0.05, 0) is 17.7 Å². The van der Waals surface area contributed by atoms with Crippen molar-refractivity contribution in [3.05, 3.63) is 102 Å². The van der Waals surface area contributed by atoms with Gasteiger partial charge in [-0.15, -0.1) is 0 Å². The molecule has 0 amide bonds. The molecule has 3 aromatic carbocycles. The van der Waals surface area contributed by atoms with Gasteiger partial charge in [0.05, 0.1) is 37.0 Å². The molecule has 1 heterocycles. The molecule has 0 bridgehead atoms. The van der Waals surface area contributed by atoms with Gasteiger partial charge in [0.2, 0.25) is 10.0 Å². The zero-order chi connectivity index (χ0) is 21.8. The van der Waals surface area contributed by atoms with Crippen molar-refractivity contribution in [2.75, 3.05) is 26.2 Å². The van der Waals surface area contributed by atoms with E-state index in [4.69, 9.17) is 0 Å². The van der Waals surface area contributed by atoms with Crippen LogP contribution in [0.1, 0.15) is 27.5 Å². The number of hydrogen-bond acceptors (Lipinski definition) is 4. The summed E-state index contributed by atoms with van der Waals surface area (Å²) in [4.78, 5) is 12.4. The van der Waals surface area contributed by atoms with E-state index in [2.05, 4.69) is 24.3 Å². The van der Waals surface area contributed by atoms with Crippen molar-refractivity contribution < 1.29 is 23.2 Å². The Hall–Kier alpha value is -3.00. The molecule has 0 spiro atoms. The van der Waals surface area contributed by atoms with Crippen LogP contribution in [0.3, 0.4) is 0 Å². The molecule has 1 saturated heterocycles. The Balaban J connectivity index is 1.55. The largest absolute Gasteiger partial charge is 0.545 e. The molecule has 1 aliphatic heterocycles. The van der Waals surface area contributed by atoms with Crippen LogP contribution in [0.2, 0.25) is 0 Å². The van der Waals surface area contributed by atoms with Crippen LogP contribution in [0.25, 0.3) is 0 Å². The van der Waals surface area contributed by atoms with E-state index in [1.54, 1.807) is 0 Å². The molecule has 1 aliphatic rings. The summed E-state index contributed by atoms with van der Waals surface area (Å²) in [5.74, 6) is -1.39. The Labute approximate surface area is 182 Å². The van der Waals surface area contributed by atoms with Crippen LogP contribution in [-0.4, -0.2) is 44.9 Å². The number of quaternary nitrogens is 1. The van der Waals surface area contributed by atoms with Crippen LogP contribution in [0.15, 0.2) is 89.8 Å². The van der Waals surface area contributed by atoms with Crippen LogP contribution < -0.4 is 10.0 Å². The maximum absolute atomic E-state index is 13.1. The van der Waals surface area contributed by atoms with Gasteiger partial charge in [0.25, 0.3) is 0 Å². The van der Waals surface area contributed by atoms with Crippen LogP contribution in [0.5, 0.6) is 0 Å². The minimum atomic E-state index is -3.77. The highest BCUT2D eigenvalue weighted by Gasteiger charge is 2.34. The quantitative estimate of drug-likeness (QED) is 0.618. The SMILES string of the molecule is O=C([O-])c1cccc(S(=O)(=O)N2CC[NH+](C(c3ccccc3)c3ccccc3)CC2)c1. The van der Waals surface area contributed by atoms with Gasteiger partial charge < -0.3 is 14.8 Å². The third-order valence-electron chi connectivity index (χ3n) is 5.75. The van der Waals surface area contributed by atoms with Gasteiger partial charge in [-0.1, -0.05) is 72.8 Å². The van der Waals surface area contributed by atoms with E-state index < -0.39 is 16.0 Å². The van der Waals surface area contributed by atoms with Gasteiger partial charge in [-0.2, -0.15) is 4.31 Å². The Morgan fingerprint density at radius 2 is 1.39 bits per heavy atom. The zero-order valence-electron chi connectivity index (χ0n) is 17.0. The molecule has 0 radical (unpaired) electrons. The molecule has 4 rings (SSSR count). The summed E-state index contributed by atoms with van der Waals surface area (Å²) in [6.45, 7) is 2.02. The second-order valence-electron chi connectivity index (χ2n) is 7.63. The summed E-state index contributed by atoms with van der Waals surface area (Å²) in [7, 11) is -3.77. The average molecular weight is 437 g/mol. The number of piperazine rings is 1. The van der Waals surface area contributed by atoms with Gasteiger partial charge in [-0.25, -0.2) is 8.42 Å². The van der Waals surface area contributed by atoms with Crippen molar-refractivity contribution in [2.45, 2.75) is 10.9 Å². The zero-order valence-corrected chi connectivity index (χ0v) is 17.8. The summed E-state index contributed by atoms with van der Waals surface area (Å²) < 4.78 is 27.6. The Morgan fingerprint density at radius 1 is 0.839 bits per heavy atom. The van der Waals surface area contributed by atoms with Gasteiger partial charge >= 0.3 is 0 Å². The standard InChI is InChI=1S/C24H24N2O4S/c27-24(28)21-12-7-13-22(18-21)31(29,30)26-16-14-25(15-17-26)23(19-8-3-1-4-9-19)20-10-5-2-6-11-20/h1-13,18,23H,14-17H2,(H,27,28). The number of aromatic carboxylic acids is 1. The number of nitrogens with zero attached hydrogens (tertiary/aromatic N) is 1. The first-order valence-electron chi connectivity index (χ1n) is 10.2. The number of sulfonamides is 1. The van der Waals surface area contributed by atoms with E-state index in [1.165, 1.54) is 44.6 Å². The molecule has 0 saturated carbocycles. The molecule has 7 heteroatoms. The van der Waals surface area contributed by atoms with Crippen molar-refractivity contribution in [1.82, 2.24) is 4.31 Å². The van der Waals surface area contributed by atoms with Crippen LogP contribution in [0, 0.1) is 0 Å². The smallest absolute Gasteiger partial charge is 0.243 e. The number of rotatable bonds is 6. The van der Waals surface area contributed by atoms with Gasteiger partial charge in [0, 0.05) is 11.1 Å². The molecule has 0 unspecified atom stereocenters. The number of carboxylic acid groups (broad SMARTS) is 1. The predicted octanol–water partition coefficient (Wildman–Crippen LogP) is 0.729. The van der Waals surface area contributed by atoms with E-state index in [0.717, 1.165) is 0 Å².